The lowest BCUT2D eigenvalue weighted by Crippen LogP contribution is -2.07. The standard InChI is InChI=1S/C13H18O3S/c1-17(14,15)16-8-4-5-11-9-12-6-2-3-7-13(12)10-11/h2-3,6-7,11H,4-5,8-10H2,1H3. The molecule has 0 saturated heterocycles. The topological polar surface area (TPSA) is 43.4 Å². The van der Waals surface area contributed by atoms with Gasteiger partial charge >= 0.3 is 0 Å². The third-order valence-electron chi connectivity index (χ3n) is 3.19. The maximum Gasteiger partial charge on any atom is 0.264 e. The van der Waals surface area contributed by atoms with Crippen LogP contribution in [0.25, 0.3) is 0 Å². The van der Waals surface area contributed by atoms with E-state index in [4.69, 9.17) is 4.18 Å². The molecule has 0 amide bonds. The Kier molecular flexibility index (Phi) is 3.84. The zero-order valence-corrected chi connectivity index (χ0v) is 10.9. The second-order valence-corrected chi connectivity index (χ2v) is 6.36. The van der Waals surface area contributed by atoms with Crippen LogP contribution in [0.3, 0.4) is 0 Å². The fourth-order valence-corrected chi connectivity index (χ4v) is 2.86. The molecule has 0 heterocycles. The van der Waals surface area contributed by atoms with E-state index >= 15 is 0 Å². The van der Waals surface area contributed by atoms with Gasteiger partial charge in [-0.1, -0.05) is 24.3 Å². The fraction of sp³-hybridized carbons (Fsp3) is 0.538. The normalized spacial score (nSPS) is 16.1. The van der Waals surface area contributed by atoms with Gasteiger partial charge in [0.2, 0.25) is 0 Å². The van der Waals surface area contributed by atoms with Crippen molar-refractivity contribution in [1.29, 1.82) is 0 Å². The van der Waals surface area contributed by atoms with Gasteiger partial charge in [-0.2, -0.15) is 8.42 Å². The summed E-state index contributed by atoms with van der Waals surface area (Å²) in [6.45, 7) is 0.311. The van der Waals surface area contributed by atoms with Crippen molar-refractivity contribution in [2.45, 2.75) is 25.7 Å². The second-order valence-electron chi connectivity index (χ2n) is 4.71. The molecule has 0 N–H and O–H groups in total. The average Bonchev–Trinajstić information content (AvgIpc) is 2.65. The van der Waals surface area contributed by atoms with E-state index in [1.165, 1.54) is 11.1 Å². The SMILES string of the molecule is CS(=O)(=O)OCCCC1Cc2ccccc2C1. The predicted octanol–water partition coefficient (Wildman–Crippen LogP) is 2.16. The van der Waals surface area contributed by atoms with Crippen molar-refractivity contribution in [3.05, 3.63) is 35.4 Å². The van der Waals surface area contributed by atoms with E-state index in [1.54, 1.807) is 0 Å². The van der Waals surface area contributed by atoms with Gasteiger partial charge in [-0.15, -0.1) is 0 Å². The number of fused-ring (bicyclic) bond motifs is 1. The van der Waals surface area contributed by atoms with Gasteiger partial charge in [0.25, 0.3) is 10.1 Å². The van der Waals surface area contributed by atoms with Crippen LogP contribution in [0.15, 0.2) is 24.3 Å². The molecular formula is C13H18O3S. The summed E-state index contributed by atoms with van der Waals surface area (Å²) in [5, 5.41) is 0. The molecule has 0 unspecified atom stereocenters. The summed E-state index contributed by atoms with van der Waals surface area (Å²) in [6.07, 6.45) is 5.18. The highest BCUT2D eigenvalue weighted by molar-refractivity contribution is 7.85. The number of hydrogen-bond acceptors (Lipinski definition) is 3. The van der Waals surface area contributed by atoms with Gasteiger partial charge in [-0.05, 0) is 42.7 Å². The number of hydrogen-bond donors (Lipinski definition) is 0. The first kappa shape index (κ1) is 12.6. The highest BCUT2D eigenvalue weighted by atomic mass is 32.2. The molecule has 17 heavy (non-hydrogen) atoms. The van der Waals surface area contributed by atoms with Gasteiger partial charge in [0.15, 0.2) is 0 Å². The Bertz CT molecular complexity index is 454. The Labute approximate surface area is 103 Å². The van der Waals surface area contributed by atoms with Crippen molar-refractivity contribution in [2.75, 3.05) is 12.9 Å². The van der Waals surface area contributed by atoms with Crippen molar-refractivity contribution in [3.63, 3.8) is 0 Å². The second kappa shape index (κ2) is 5.19. The van der Waals surface area contributed by atoms with E-state index in [1.807, 2.05) is 0 Å². The van der Waals surface area contributed by atoms with Gasteiger partial charge in [0, 0.05) is 0 Å². The minimum atomic E-state index is -3.27. The summed E-state index contributed by atoms with van der Waals surface area (Å²) in [6, 6.07) is 8.52. The largest absolute Gasteiger partial charge is 0.270 e. The van der Waals surface area contributed by atoms with Crippen molar-refractivity contribution >= 4 is 10.1 Å². The van der Waals surface area contributed by atoms with Gasteiger partial charge in [0.05, 0.1) is 12.9 Å². The highest BCUT2D eigenvalue weighted by Crippen LogP contribution is 2.29. The molecule has 1 aliphatic carbocycles. The lowest BCUT2D eigenvalue weighted by molar-refractivity contribution is 0.299. The maximum atomic E-state index is 10.8. The minimum Gasteiger partial charge on any atom is -0.270 e. The Morgan fingerprint density at radius 3 is 2.35 bits per heavy atom. The molecule has 0 saturated carbocycles. The molecule has 0 fully saturated rings. The van der Waals surface area contributed by atoms with Gasteiger partial charge in [0.1, 0.15) is 0 Å². The molecule has 1 aliphatic rings. The summed E-state index contributed by atoms with van der Waals surface area (Å²) < 4.78 is 26.3. The van der Waals surface area contributed by atoms with Crippen molar-refractivity contribution in [3.8, 4) is 0 Å². The molecule has 94 valence electrons. The van der Waals surface area contributed by atoms with Crippen LogP contribution in [0.2, 0.25) is 0 Å². The summed E-state index contributed by atoms with van der Waals surface area (Å²) in [7, 11) is -3.27. The van der Waals surface area contributed by atoms with Crippen LogP contribution < -0.4 is 0 Å². The van der Waals surface area contributed by atoms with Crippen LogP contribution in [0, 0.1) is 5.92 Å². The van der Waals surface area contributed by atoms with Crippen LogP contribution in [-0.2, 0) is 27.1 Å². The molecule has 0 spiro atoms. The van der Waals surface area contributed by atoms with Crippen LogP contribution in [-0.4, -0.2) is 21.3 Å². The maximum absolute atomic E-state index is 10.8. The van der Waals surface area contributed by atoms with E-state index in [2.05, 4.69) is 24.3 Å². The molecule has 0 radical (unpaired) electrons. The Morgan fingerprint density at radius 2 is 1.82 bits per heavy atom. The predicted molar refractivity (Wildman–Crippen MR) is 67.4 cm³/mol. The fourth-order valence-electron chi connectivity index (χ4n) is 2.44. The molecule has 3 nitrogen and oxygen atoms in total. The quantitative estimate of drug-likeness (QED) is 0.597. The third kappa shape index (κ3) is 3.82. The van der Waals surface area contributed by atoms with Gasteiger partial charge in [-0.25, -0.2) is 0 Å². The van der Waals surface area contributed by atoms with Crippen LogP contribution in [0.4, 0.5) is 0 Å². The van der Waals surface area contributed by atoms with E-state index in [0.717, 1.165) is 31.9 Å². The molecule has 1 aromatic rings. The van der Waals surface area contributed by atoms with Gasteiger partial charge in [-0.3, -0.25) is 4.18 Å². The molecule has 0 bridgehead atoms. The zero-order chi connectivity index (χ0) is 12.3. The first-order chi connectivity index (χ1) is 8.04. The van der Waals surface area contributed by atoms with Gasteiger partial charge < -0.3 is 0 Å². The smallest absolute Gasteiger partial charge is 0.264 e. The molecule has 4 heteroatoms. The van der Waals surface area contributed by atoms with E-state index in [0.29, 0.717) is 12.5 Å². The van der Waals surface area contributed by atoms with Crippen LogP contribution >= 0.6 is 0 Å². The zero-order valence-electron chi connectivity index (χ0n) is 10.1. The number of rotatable bonds is 5. The van der Waals surface area contributed by atoms with E-state index < -0.39 is 10.1 Å². The molecule has 1 aromatic carbocycles. The molecule has 0 aromatic heterocycles. The molecule has 0 aliphatic heterocycles. The third-order valence-corrected chi connectivity index (χ3v) is 3.78. The first-order valence-corrected chi connectivity index (χ1v) is 7.77. The van der Waals surface area contributed by atoms with Crippen LogP contribution in [0.5, 0.6) is 0 Å². The first-order valence-electron chi connectivity index (χ1n) is 5.96. The molecule has 2 rings (SSSR count). The Morgan fingerprint density at radius 1 is 1.24 bits per heavy atom. The average molecular weight is 254 g/mol. The Hall–Kier alpha value is -0.870. The highest BCUT2D eigenvalue weighted by Gasteiger charge is 2.20. The summed E-state index contributed by atoms with van der Waals surface area (Å²) in [5.41, 5.74) is 2.89. The molecular weight excluding hydrogens is 236 g/mol. The lowest BCUT2D eigenvalue weighted by atomic mass is 10.0. The number of benzene rings is 1. The summed E-state index contributed by atoms with van der Waals surface area (Å²) in [5.74, 6) is 0.649. The molecule has 0 atom stereocenters. The van der Waals surface area contributed by atoms with Crippen LogP contribution in [0.1, 0.15) is 24.0 Å². The van der Waals surface area contributed by atoms with E-state index in [9.17, 15) is 8.42 Å². The van der Waals surface area contributed by atoms with E-state index in [-0.39, 0.29) is 0 Å². The monoisotopic (exact) mass is 254 g/mol. The van der Waals surface area contributed by atoms with Crippen molar-refractivity contribution < 1.29 is 12.6 Å². The van der Waals surface area contributed by atoms with Crippen molar-refractivity contribution in [1.82, 2.24) is 0 Å². The summed E-state index contributed by atoms with van der Waals surface area (Å²) >= 11 is 0. The Balaban J connectivity index is 1.74. The summed E-state index contributed by atoms with van der Waals surface area (Å²) in [4.78, 5) is 0. The lowest BCUT2D eigenvalue weighted by Gasteiger charge is -2.08. The van der Waals surface area contributed by atoms with Crippen molar-refractivity contribution in [2.24, 2.45) is 5.92 Å². The minimum absolute atomic E-state index is 0.311.